The van der Waals surface area contributed by atoms with E-state index in [1.165, 1.54) is 6.07 Å². The Hall–Kier alpha value is -0.120. The van der Waals surface area contributed by atoms with Crippen molar-refractivity contribution in [2.75, 3.05) is 5.73 Å². The molecule has 0 amide bonds. The van der Waals surface area contributed by atoms with Gasteiger partial charge in [-0.15, -0.1) is 12.4 Å². The van der Waals surface area contributed by atoms with Gasteiger partial charge < -0.3 is 11.5 Å². The van der Waals surface area contributed by atoms with Crippen molar-refractivity contribution in [2.45, 2.75) is 18.1 Å². The fraction of sp³-hybridized carbons (Fsp3) is 0.333. The zero-order chi connectivity index (χ0) is 14.3. The molecule has 0 aliphatic carbocycles. The molecule has 0 saturated carbocycles. The lowest BCUT2D eigenvalue weighted by Crippen LogP contribution is -2.46. The normalized spacial score (nSPS) is 13.9. The first-order valence-electron chi connectivity index (χ1n) is 4.43. The number of halogens is 8. The number of nitrogen functional groups attached to an aromatic ring is 1. The van der Waals surface area contributed by atoms with E-state index < -0.39 is 23.7 Å². The van der Waals surface area contributed by atoms with Crippen molar-refractivity contribution in [3.05, 3.63) is 26.6 Å². The van der Waals surface area contributed by atoms with Crippen molar-refractivity contribution < 1.29 is 22.0 Å². The van der Waals surface area contributed by atoms with E-state index in [1.54, 1.807) is 0 Å². The maximum absolute atomic E-state index is 13.1. The monoisotopic (exact) mass is 432 g/mol. The lowest BCUT2D eigenvalue weighted by molar-refractivity contribution is -0.290. The van der Waals surface area contributed by atoms with E-state index in [2.05, 4.69) is 31.9 Å². The molecule has 1 atom stereocenters. The van der Waals surface area contributed by atoms with E-state index >= 15 is 0 Å². The average Bonchev–Trinajstić information content (AvgIpc) is 2.20. The van der Waals surface area contributed by atoms with Gasteiger partial charge in [-0.05, 0) is 28.1 Å². The van der Waals surface area contributed by atoms with Gasteiger partial charge in [0, 0.05) is 14.5 Å². The van der Waals surface area contributed by atoms with Gasteiger partial charge in [0.2, 0.25) is 0 Å². The summed E-state index contributed by atoms with van der Waals surface area (Å²) in [5, 5.41) is 0. The van der Waals surface area contributed by atoms with Gasteiger partial charge in [-0.25, -0.2) is 0 Å². The summed E-state index contributed by atoms with van der Waals surface area (Å²) in [6.07, 6.45) is -5.74. The van der Waals surface area contributed by atoms with Crippen molar-refractivity contribution >= 4 is 50.0 Å². The molecule has 10 heteroatoms. The fourth-order valence-corrected chi connectivity index (χ4v) is 2.49. The SMILES string of the molecule is Cl.Nc1c(Br)cc(Br)cc1[C@@H](N)C(F)(F)C(F)(F)F. The molecule has 0 heterocycles. The van der Waals surface area contributed by atoms with Gasteiger partial charge in [-0.2, -0.15) is 22.0 Å². The minimum Gasteiger partial charge on any atom is -0.398 e. The Morgan fingerprint density at radius 1 is 1.05 bits per heavy atom. The predicted octanol–water partition coefficient (Wildman–Crippen LogP) is 4.41. The van der Waals surface area contributed by atoms with Crippen molar-refractivity contribution in [3.63, 3.8) is 0 Å². The number of hydrogen-bond acceptors (Lipinski definition) is 2. The molecule has 0 unspecified atom stereocenters. The van der Waals surface area contributed by atoms with E-state index in [4.69, 9.17) is 11.5 Å². The van der Waals surface area contributed by atoms with Gasteiger partial charge in [0.05, 0.1) is 5.69 Å². The van der Waals surface area contributed by atoms with Crippen LogP contribution in [0.15, 0.2) is 21.1 Å². The van der Waals surface area contributed by atoms with Crippen LogP contribution < -0.4 is 11.5 Å². The standard InChI is InChI=1S/C9H7Br2F5N2.ClH/c10-3-1-4(6(17)5(11)2-3)7(18)8(12,13)9(14,15)16;/h1-2,7H,17-18H2;1H/t7-;/m1./s1. The molecule has 110 valence electrons. The highest BCUT2D eigenvalue weighted by molar-refractivity contribution is 9.11. The summed E-state index contributed by atoms with van der Waals surface area (Å²) < 4.78 is 63.3. The van der Waals surface area contributed by atoms with E-state index in [-0.39, 0.29) is 27.0 Å². The molecular formula is C9H8Br2ClF5N2. The third kappa shape index (κ3) is 3.71. The minimum absolute atomic E-state index is 0. The predicted molar refractivity (Wildman–Crippen MR) is 71.4 cm³/mol. The summed E-state index contributed by atoms with van der Waals surface area (Å²) >= 11 is 5.91. The molecular weight excluding hydrogens is 426 g/mol. The zero-order valence-corrected chi connectivity index (χ0v) is 12.9. The van der Waals surface area contributed by atoms with Gasteiger partial charge in [0.1, 0.15) is 6.04 Å². The third-order valence-corrected chi connectivity index (χ3v) is 3.34. The molecule has 0 aliphatic heterocycles. The smallest absolute Gasteiger partial charge is 0.398 e. The van der Waals surface area contributed by atoms with Gasteiger partial charge >= 0.3 is 12.1 Å². The first-order valence-corrected chi connectivity index (χ1v) is 6.01. The van der Waals surface area contributed by atoms with Crippen LogP contribution in [0, 0.1) is 0 Å². The second-order valence-electron chi connectivity index (χ2n) is 3.49. The summed E-state index contributed by atoms with van der Waals surface area (Å²) in [7, 11) is 0. The molecule has 0 fully saturated rings. The maximum Gasteiger partial charge on any atom is 0.455 e. The molecule has 1 aromatic rings. The Bertz CT molecular complexity index is 467. The quantitative estimate of drug-likeness (QED) is 0.535. The summed E-state index contributed by atoms with van der Waals surface area (Å²) in [6.45, 7) is 0. The van der Waals surface area contributed by atoms with Crippen LogP contribution in [0.1, 0.15) is 11.6 Å². The number of hydrogen-bond donors (Lipinski definition) is 2. The molecule has 0 bridgehead atoms. The fourth-order valence-electron chi connectivity index (χ4n) is 1.23. The molecule has 0 aromatic heterocycles. The van der Waals surface area contributed by atoms with Crippen LogP contribution in [0.3, 0.4) is 0 Å². The van der Waals surface area contributed by atoms with Crippen LogP contribution >= 0.6 is 44.3 Å². The van der Waals surface area contributed by atoms with E-state index in [1.807, 2.05) is 0 Å². The second-order valence-corrected chi connectivity index (χ2v) is 5.26. The summed E-state index contributed by atoms with van der Waals surface area (Å²) in [6, 6.07) is -0.131. The van der Waals surface area contributed by atoms with Crippen molar-refractivity contribution in [3.8, 4) is 0 Å². The molecule has 2 nitrogen and oxygen atoms in total. The van der Waals surface area contributed by atoms with Crippen LogP contribution in [0.4, 0.5) is 27.6 Å². The molecule has 1 rings (SSSR count). The summed E-state index contributed by atoms with van der Waals surface area (Å²) in [5.41, 5.74) is 9.71. The molecule has 0 aliphatic rings. The van der Waals surface area contributed by atoms with Crippen LogP contribution in [0.25, 0.3) is 0 Å². The van der Waals surface area contributed by atoms with Crippen molar-refractivity contribution in [1.29, 1.82) is 0 Å². The molecule has 19 heavy (non-hydrogen) atoms. The Kier molecular flexibility index (Phi) is 6.07. The molecule has 4 N–H and O–H groups in total. The van der Waals surface area contributed by atoms with Crippen LogP contribution in [-0.4, -0.2) is 12.1 Å². The topological polar surface area (TPSA) is 52.0 Å². The Morgan fingerprint density at radius 3 is 1.95 bits per heavy atom. The Labute approximate surface area is 128 Å². The highest BCUT2D eigenvalue weighted by Gasteiger charge is 2.62. The van der Waals surface area contributed by atoms with E-state index in [0.29, 0.717) is 0 Å². The minimum atomic E-state index is -5.74. The van der Waals surface area contributed by atoms with Crippen molar-refractivity contribution in [1.82, 2.24) is 0 Å². The first kappa shape index (κ1) is 18.9. The van der Waals surface area contributed by atoms with Gasteiger partial charge in [-0.3, -0.25) is 0 Å². The van der Waals surface area contributed by atoms with Crippen LogP contribution in [-0.2, 0) is 0 Å². The van der Waals surface area contributed by atoms with Crippen LogP contribution in [0.2, 0.25) is 0 Å². The van der Waals surface area contributed by atoms with Crippen LogP contribution in [0.5, 0.6) is 0 Å². The van der Waals surface area contributed by atoms with Gasteiger partial charge in [0.25, 0.3) is 0 Å². The highest BCUT2D eigenvalue weighted by atomic mass is 79.9. The third-order valence-electron chi connectivity index (χ3n) is 2.23. The number of rotatable bonds is 2. The second kappa shape index (κ2) is 6.11. The highest BCUT2D eigenvalue weighted by Crippen LogP contribution is 2.45. The first-order chi connectivity index (χ1) is 7.98. The van der Waals surface area contributed by atoms with E-state index in [0.717, 1.165) is 6.07 Å². The number of benzene rings is 1. The number of alkyl halides is 5. The van der Waals surface area contributed by atoms with Crippen molar-refractivity contribution in [2.24, 2.45) is 5.73 Å². The molecule has 0 spiro atoms. The average molecular weight is 434 g/mol. The number of anilines is 1. The van der Waals surface area contributed by atoms with Gasteiger partial charge in [-0.1, -0.05) is 15.9 Å². The lowest BCUT2D eigenvalue weighted by Gasteiger charge is -2.27. The molecule has 1 aromatic carbocycles. The Balaban J connectivity index is 0.00000324. The Morgan fingerprint density at radius 2 is 1.53 bits per heavy atom. The van der Waals surface area contributed by atoms with Gasteiger partial charge in [0.15, 0.2) is 0 Å². The maximum atomic E-state index is 13.1. The molecule has 0 radical (unpaired) electrons. The molecule has 0 saturated heterocycles. The van der Waals surface area contributed by atoms with E-state index in [9.17, 15) is 22.0 Å². The largest absolute Gasteiger partial charge is 0.455 e. The number of nitrogens with two attached hydrogens (primary N) is 2. The summed E-state index contributed by atoms with van der Waals surface area (Å²) in [5.74, 6) is -5.07. The summed E-state index contributed by atoms with van der Waals surface area (Å²) in [4.78, 5) is 0. The zero-order valence-electron chi connectivity index (χ0n) is 8.94. The lowest BCUT2D eigenvalue weighted by atomic mass is 9.99.